The molecule has 0 radical (unpaired) electrons. The molecule has 6 aromatic heterocycles. The van der Waals surface area contributed by atoms with Crippen molar-refractivity contribution in [1.29, 1.82) is 0 Å². The number of imidazole rings is 1. The van der Waals surface area contributed by atoms with Crippen molar-refractivity contribution in [3.05, 3.63) is 310 Å². The maximum Gasteiger partial charge on any atom is 0.160 e. The molecule has 7 heteroatoms. The van der Waals surface area contributed by atoms with Gasteiger partial charge in [0.1, 0.15) is 5.65 Å². The third kappa shape index (κ3) is 9.28. The second-order valence-electron chi connectivity index (χ2n) is 20.7. The fourth-order valence-corrected chi connectivity index (χ4v) is 11.6. The number of aromatic nitrogens is 7. The molecule has 0 saturated carbocycles. The third-order valence-corrected chi connectivity index (χ3v) is 15.7. The molecule has 0 amide bonds. The predicted molar refractivity (Wildman–Crippen MR) is 342 cm³/mol. The maximum atomic E-state index is 4.97. The number of benzene rings is 10. The molecule has 0 aliphatic heterocycles. The molecule has 0 saturated heterocycles. The Kier molecular flexibility index (Phi) is 12.4. The SMILES string of the molecule is c1ccc(-c2ccc3c(c2)c2cc(-c4ccc(-c5cn6ccccc6n5)cc4)ccc2n3-c2ccccc2)cc1.c1ccc(-c2nc(-c3ccc(-c4ccc5c(c4)c4ccccc4n5-c4ccccc4)cc3)cc(-c3ccccn3)n2)cc1. The molecule has 0 fully saturated rings. The largest absolute Gasteiger partial charge is 0.309 e. The van der Waals surface area contributed by atoms with Crippen LogP contribution in [0, 0.1) is 0 Å². The Hall–Kier alpha value is -11.3. The zero-order valence-electron chi connectivity index (χ0n) is 45.1. The van der Waals surface area contributed by atoms with Crippen molar-refractivity contribution in [1.82, 2.24) is 33.5 Å². The Balaban J connectivity index is 0.000000142. The molecule has 0 unspecified atom stereocenters. The zero-order valence-corrected chi connectivity index (χ0v) is 45.1. The average molecular weight is 1060 g/mol. The van der Waals surface area contributed by atoms with E-state index in [4.69, 9.17) is 15.0 Å². The minimum absolute atomic E-state index is 0.683. The van der Waals surface area contributed by atoms with Crippen molar-refractivity contribution >= 4 is 49.3 Å². The van der Waals surface area contributed by atoms with E-state index < -0.39 is 0 Å². The summed E-state index contributed by atoms with van der Waals surface area (Å²) in [5.41, 5.74) is 21.9. The van der Waals surface area contributed by atoms with E-state index in [1.165, 1.54) is 77.1 Å². The summed E-state index contributed by atoms with van der Waals surface area (Å²) in [4.78, 5) is 19.2. The fraction of sp³-hybridized carbons (Fsp3) is 0. The van der Waals surface area contributed by atoms with Gasteiger partial charge in [-0.25, -0.2) is 15.0 Å². The normalized spacial score (nSPS) is 11.4. The van der Waals surface area contributed by atoms with Crippen LogP contribution in [0.5, 0.6) is 0 Å². The van der Waals surface area contributed by atoms with Gasteiger partial charge in [-0.05, 0) is 130 Å². The first-order valence-corrected chi connectivity index (χ1v) is 27.9. The predicted octanol–water partition coefficient (Wildman–Crippen LogP) is 19.1. The summed E-state index contributed by atoms with van der Waals surface area (Å²) in [6.07, 6.45) is 5.91. The Labute approximate surface area is 480 Å². The first-order chi connectivity index (χ1) is 41.1. The molecule has 6 heterocycles. The first-order valence-electron chi connectivity index (χ1n) is 27.9. The molecule has 0 atom stereocenters. The highest BCUT2D eigenvalue weighted by atomic mass is 15.0. The van der Waals surface area contributed by atoms with Gasteiger partial charge in [0.05, 0.1) is 44.8 Å². The van der Waals surface area contributed by atoms with Crippen LogP contribution in [-0.2, 0) is 0 Å². The van der Waals surface area contributed by atoms with Gasteiger partial charge in [0.2, 0.25) is 0 Å². The van der Waals surface area contributed by atoms with E-state index in [2.05, 4.69) is 243 Å². The van der Waals surface area contributed by atoms with Crippen LogP contribution >= 0.6 is 0 Å². The van der Waals surface area contributed by atoms with Gasteiger partial charge in [0, 0.05) is 68.2 Å². The number of hydrogen-bond donors (Lipinski definition) is 0. The summed E-state index contributed by atoms with van der Waals surface area (Å²) in [6, 6.07) is 102. The Bertz CT molecular complexity index is 4880. The van der Waals surface area contributed by atoms with Crippen LogP contribution in [0.15, 0.2) is 310 Å². The number of pyridine rings is 2. The van der Waals surface area contributed by atoms with E-state index in [0.29, 0.717) is 5.82 Å². The molecule has 0 spiro atoms. The molecule has 0 aliphatic rings. The van der Waals surface area contributed by atoms with Crippen LogP contribution in [0.2, 0.25) is 0 Å². The van der Waals surface area contributed by atoms with Crippen molar-refractivity contribution in [2.24, 2.45) is 0 Å². The van der Waals surface area contributed by atoms with Gasteiger partial charge in [-0.15, -0.1) is 0 Å². The summed E-state index contributed by atoms with van der Waals surface area (Å²) in [5, 5.41) is 4.99. The maximum absolute atomic E-state index is 4.97. The molecule has 16 aromatic rings. The number of fused-ring (bicyclic) bond motifs is 7. The zero-order chi connectivity index (χ0) is 55.1. The molecule has 10 aromatic carbocycles. The topological polar surface area (TPSA) is 65.8 Å². The number of para-hydroxylation sites is 3. The summed E-state index contributed by atoms with van der Waals surface area (Å²) >= 11 is 0. The quantitative estimate of drug-likeness (QED) is 0.144. The highest BCUT2D eigenvalue weighted by Crippen LogP contribution is 2.39. The van der Waals surface area contributed by atoms with Crippen LogP contribution in [0.3, 0.4) is 0 Å². The fourth-order valence-electron chi connectivity index (χ4n) is 11.6. The number of rotatable bonds is 9. The molecule has 83 heavy (non-hydrogen) atoms. The van der Waals surface area contributed by atoms with Gasteiger partial charge in [-0.3, -0.25) is 4.98 Å². The number of nitrogens with zero attached hydrogens (tertiary/aromatic N) is 7. The minimum atomic E-state index is 0.683. The van der Waals surface area contributed by atoms with E-state index >= 15 is 0 Å². The standard InChI is InChI=1S/C39H26N4.C37H25N3/c1-3-11-29(12-4-1)39-41-35(26-36(42-39)34-16-9-10-24-40-34)28-20-18-27(19-21-28)30-22-23-38-33(25-30)32-15-7-8-17-37(32)43(38)31-13-5-2-6-14-31;1-3-9-26(10-4-1)29-18-20-35-32(23-29)33-24-30(19-21-36(33)40(35)31-11-5-2-6-12-31)27-14-16-28(17-15-27)34-25-39-22-8-7-13-37(39)38-34/h1-26H;1-25H. The summed E-state index contributed by atoms with van der Waals surface area (Å²) < 4.78 is 6.77. The Morgan fingerprint density at radius 1 is 0.253 bits per heavy atom. The lowest BCUT2D eigenvalue weighted by atomic mass is 9.99. The third-order valence-electron chi connectivity index (χ3n) is 15.7. The minimum Gasteiger partial charge on any atom is -0.309 e. The second-order valence-corrected chi connectivity index (χ2v) is 20.7. The van der Waals surface area contributed by atoms with Crippen LogP contribution in [0.4, 0.5) is 0 Å². The summed E-state index contributed by atoms with van der Waals surface area (Å²) in [7, 11) is 0. The van der Waals surface area contributed by atoms with Crippen LogP contribution in [0.25, 0.3) is 139 Å². The Morgan fingerprint density at radius 3 is 1.24 bits per heavy atom. The van der Waals surface area contributed by atoms with Crippen LogP contribution < -0.4 is 0 Å². The monoisotopic (exact) mass is 1060 g/mol. The lowest BCUT2D eigenvalue weighted by Crippen LogP contribution is -1.96. The van der Waals surface area contributed by atoms with Crippen LogP contribution in [-0.4, -0.2) is 33.5 Å². The Morgan fingerprint density at radius 2 is 0.687 bits per heavy atom. The van der Waals surface area contributed by atoms with Gasteiger partial charge in [-0.1, -0.05) is 194 Å². The van der Waals surface area contributed by atoms with E-state index in [1.807, 2.05) is 79.0 Å². The highest BCUT2D eigenvalue weighted by molar-refractivity contribution is 6.12. The molecule has 390 valence electrons. The van der Waals surface area contributed by atoms with Crippen molar-refractivity contribution in [2.45, 2.75) is 0 Å². The smallest absolute Gasteiger partial charge is 0.160 e. The molecule has 7 nitrogen and oxygen atoms in total. The molecular formula is C76H51N7. The highest BCUT2D eigenvalue weighted by Gasteiger charge is 2.17. The van der Waals surface area contributed by atoms with Crippen molar-refractivity contribution in [2.75, 3.05) is 0 Å². The van der Waals surface area contributed by atoms with Crippen LogP contribution in [0.1, 0.15) is 0 Å². The van der Waals surface area contributed by atoms with Gasteiger partial charge in [0.25, 0.3) is 0 Å². The molecule has 0 aliphatic carbocycles. The second kappa shape index (κ2) is 21.1. The van der Waals surface area contributed by atoms with E-state index in [1.54, 1.807) is 6.20 Å². The molecule has 16 rings (SSSR count). The lowest BCUT2D eigenvalue weighted by molar-refractivity contribution is 1.16. The lowest BCUT2D eigenvalue weighted by Gasteiger charge is -2.10. The average Bonchev–Trinajstić information content (AvgIpc) is 3.52. The summed E-state index contributed by atoms with van der Waals surface area (Å²) in [5.74, 6) is 0.683. The van der Waals surface area contributed by atoms with Gasteiger partial charge < -0.3 is 13.5 Å². The van der Waals surface area contributed by atoms with Gasteiger partial charge >= 0.3 is 0 Å². The van der Waals surface area contributed by atoms with Crippen molar-refractivity contribution < 1.29 is 0 Å². The van der Waals surface area contributed by atoms with E-state index in [9.17, 15) is 0 Å². The molecule has 0 bridgehead atoms. The molecular weight excluding hydrogens is 1010 g/mol. The number of hydrogen-bond acceptors (Lipinski definition) is 4. The summed E-state index contributed by atoms with van der Waals surface area (Å²) in [6.45, 7) is 0. The van der Waals surface area contributed by atoms with E-state index in [0.717, 1.165) is 56.4 Å². The first kappa shape index (κ1) is 48.8. The van der Waals surface area contributed by atoms with Gasteiger partial charge in [-0.2, -0.15) is 0 Å². The van der Waals surface area contributed by atoms with Crippen molar-refractivity contribution in [3.8, 4) is 90.0 Å². The molecule has 0 N–H and O–H groups in total. The van der Waals surface area contributed by atoms with E-state index in [-0.39, 0.29) is 0 Å². The van der Waals surface area contributed by atoms with Crippen molar-refractivity contribution in [3.63, 3.8) is 0 Å². The van der Waals surface area contributed by atoms with Gasteiger partial charge in [0.15, 0.2) is 5.82 Å².